The van der Waals surface area contributed by atoms with Crippen LogP contribution in [0.15, 0.2) is 24.3 Å². The number of hydrogen-bond acceptors (Lipinski definition) is 3. The minimum Gasteiger partial charge on any atom is -0.496 e. The van der Waals surface area contributed by atoms with Crippen LogP contribution in [-0.2, 0) is 7.05 Å². The maximum atomic E-state index is 13.5. The highest BCUT2D eigenvalue weighted by atomic mass is 19.1. The van der Waals surface area contributed by atoms with E-state index in [1.165, 1.54) is 19.2 Å². The van der Waals surface area contributed by atoms with Crippen LogP contribution in [0.2, 0.25) is 0 Å². The summed E-state index contributed by atoms with van der Waals surface area (Å²) in [5, 5.41) is 7.06. The van der Waals surface area contributed by atoms with E-state index < -0.39 is 0 Å². The van der Waals surface area contributed by atoms with Crippen molar-refractivity contribution < 1.29 is 13.9 Å². The van der Waals surface area contributed by atoms with Crippen LogP contribution in [0.3, 0.4) is 0 Å². The Kier molecular flexibility index (Phi) is 5.73. The summed E-state index contributed by atoms with van der Waals surface area (Å²) in [6, 6.07) is 5.91. The molecule has 0 bridgehead atoms. The number of ether oxygens (including phenoxy) is 1. The summed E-state index contributed by atoms with van der Waals surface area (Å²) in [7, 11) is 3.24. The van der Waals surface area contributed by atoms with Gasteiger partial charge in [-0.3, -0.25) is 9.48 Å². The molecule has 1 N–H and O–H groups in total. The first kappa shape index (κ1) is 17.0. The molecule has 1 aromatic heterocycles. The molecule has 1 amide bonds. The van der Waals surface area contributed by atoms with Crippen LogP contribution in [0.4, 0.5) is 4.39 Å². The highest BCUT2D eigenvalue weighted by Gasteiger charge is 2.16. The molecule has 1 aromatic carbocycles. The van der Waals surface area contributed by atoms with Gasteiger partial charge in [-0.1, -0.05) is 19.8 Å². The third-order valence-electron chi connectivity index (χ3n) is 3.62. The van der Waals surface area contributed by atoms with E-state index in [4.69, 9.17) is 4.74 Å². The molecule has 23 heavy (non-hydrogen) atoms. The Labute approximate surface area is 135 Å². The average molecular weight is 319 g/mol. The van der Waals surface area contributed by atoms with E-state index in [-0.39, 0.29) is 11.7 Å². The molecule has 0 spiro atoms. The van der Waals surface area contributed by atoms with E-state index in [0.717, 1.165) is 19.3 Å². The SMILES string of the molecule is CCCCCNC(=O)c1cc(-c2cc(F)ccc2OC)n(C)n1. The summed E-state index contributed by atoms with van der Waals surface area (Å²) in [5.74, 6) is -0.0600. The van der Waals surface area contributed by atoms with Crippen molar-refractivity contribution in [3.05, 3.63) is 35.8 Å². The molecule has 5 nitrogen and oxygen atoms in total. The van der Waals surface area contributed by atoms with E-state index in [0.29, 0.717) is 29.2 Å². The number of carbonyl (C=O) groups is 1. The van der Waals surface area contributed by atoms with Crippen molar-refractivity contribution in [2.75, 3.05) is 13.7 Å². The van der Waals surface area contributed by atoms with Gasteiger partial charge >= 0.3 is 0 Å². The molecular weight excluding hydrogens is 297 g/mol. The number of rotatable bonds is 7. The van der Waals surface area contributed by atoms with Gasteiger partial charge in [0, 0.05) is 19.2 Å². The Morgan fingerprint density at radius 3 is 2.83 bits per heavy atom. The number of unbranched alkanes of at least 4 members (excludes halogenated alkanes) is 2. The van der Waals surface area contributed by atoms with Crippen molar-refractivity contribution in [1.82, 2.24) is 15.1 Å². The lowest BCUT2D eigenvalue weighted by molar-refractivity contribution is 0.0947. The fraction of sp³-hybridized carbons (Fsp3) is 0.412. The third-order valence-corrected chi connectivity index (χ3v) is 3.62. The topological polar surface area (TPSA) is 56.1 Å². The standard InChI is InChI=1S/C17H22FN3O2/c1-4-5-6-9-19-17(22)14-11-15(21(2)20-14)13-10-12(18)7-8-16(13)23-3/h7-8,10-11H,4-6,9H2,1-3H3,(H,19,22). The number of aryl methyl sites for hydroxylation is 1. The zero-order chi connectivity index (χ0) is 16.8. The van der Waals surface area contributed by atoms with Crippen molar-refractivity contribution in [2.24, 2.45) is 7.05 Å². The van der Waals surface area contributed by atoms with Crippen molar-refractivity contribution in [1.29, 1.82) is 0 Å². The molecule has 0 aliphatic heterocycles. The highest BCUT2D eigenvalue weighted by Crippen LogP contribution is 2.30. The summed E-state index contributed by atoms with van der Waals surface area (Å²) < 4.78 is 20.4. The number of amides is 1. The normalized spacial score (nSPS) is 10.6. The van der Waals surface area contributed by atoms with Crippen molar-refractivity contribution in [2.45, 2.75) is 26.2 Å². The molecule has 0 unspecified atom stereocenters. The third kappa shape index (κ3) is 4.09. The summed E-state index contributed by atoms with van der Waals surface area (Å²) in [4.78, 5) is 12.1. The van der Waals surface area contributed by atoms with E-state index >= 15 is 0 Å². The number of halogens is 1. The van der Waals surface area contributed by atoms with Crippen molar-refractivity contribution in [3.63, 3.8) is 0 Å². The quantitative estimate of drug-likeness (QED) is 0.798. The minimum absolute atomic E-state index is 0.224. The smallest absolute Gasteiger partial charge is 0.271 e. The van der Waals surface area contributed by atoms with Crippen LogP contribution < -0.4 is 10.1 Å². The maximum Gasteiger partial charge on any atom is 0.271 e. The van der Waals surface area contributed by atoms with Gasteiger partial charge in [-0.05, 0) is 30.7 Å². The molecule has 0 radical (unpaired) electrons. The molecule has 2 aromatic rings. The van der Waals surface area contributed by atoms with Crippen LogP contribution in [0.5, 0.6) is 5.75 Å². The first-order valence-corrected chi connectivity index (χ1v) is 7.73. The van der Waals surface area contributed by atoms with Gasteiger partial charge in [0.1, 0.15) is 11.6 Å². The zero-order valence-electron chi connectivity index (χ0n) is 13.7. The summed E-state index contributed by atoms with van der Waals surface area (Å²) in [6.45, 7) is 2.74. The summed E-state index contributed by atoms with van der Waals surface area (Å²) >= 11 is 0. The number of nitrogens with one attached hydrogen (secondary N) is 1. The zero-order valence-corrected chi connectivity index (χ0v) is 13.7. The van der Waals surface area contributed by atoms with Gasteiger partial charge in [-0.25, -0.2) is 4.39 Å². The lowest BCUT2D eigenvalue weighted by Gasteiger charge is -2.08. The van der Waals surface area contributed by atoms with Gasteiger partial charge in [0.25, 0.3) is 5.91 Å². The van der Waals surface area contributed by atoms with Crippen LogP contribution in [0.25, 0.3) is 11.3 Å². The van der Waals surface area contributed by atoms with Gasteiger partial charge in [-0.2, -0.15) is 5.10 Å². The maximum absolute atomic E-state index is 13.5. The summed E-state index contributed by atoms with van der Waals surface area (Å²) in [6.07, 6.45) is 3.12. The number of hydrogen-bond donors (Lipinski definition) is 1. The number of benzene rings is 1. The van der Waals surface area contributed by atoms with Crippen molar-refractivity contribution in [3.8, 4) is 17.0 Å². The first-order valence-electron chi connectivity index (χ1n) is 7.73. The van der Waals surface area contributed by atoms with Crippen LogP contribution >= 0.6 is 0 Å². The number of aromatic nitrogens is 2. The Hall–Kier alpha value is -2.37. The predicted molar refractivity (Wildman–Crippen MR) is 87.0 cm³/mol. The number of carbonyl (C=O) groups excluding carboxylic acids is 1. The molecule has 0 saturated heterocycles. The molecular formula is C17H22FN3O2. The van der Waals surface area contributed by atoms with Crippen LogP contribution in [0, 0.1) is 5.82 Å². The van der Waals surface area contributed by atoms with E-state index in [1.807, 2.05) is 0 Å². The van der Waals surface area contributed by atoms with Crippen LogP contribution in [0.1, 0.15) is 36.7 Å². The first-order chi connectivity index (χ1) is 11.1. The molecule has 2 rings (SSSR count). The molecule has 0 aliphatic carbocycles. The Morgan fingerprint density at radius 1 is 1.35 bits per heavy atom. The van der Waals surface area contributed by atoms with Crippen LogP contribution in [-0.4, -0.2) is 29.3 Å². The average Bonchev–Trinajstić information content (AvgIpc) is 2.93. The lowest BCUT2D eigenvalue weighted by Crippen LogP contribution is -2.24. The fourth-order valence-corrected chi connectivity index (χ4v) is 2.38. The second-order valence-corrected chi connectivity index (χ2v) is 5.35. The highest BCUT2D eigenvalue weighted by molar-refractivity contribution is 5.93. The number of methoxy groups -OCH3 is 1. The molecule has 0 aliphatic rings. The molecule has 0 fully saturated rings. The molecule has 0 saturated carbocycles. The Balaban J connectivity index is 2.21. The second-order valence-electron chi connectivity index (χ2n) is 5.35. The predicted octanol–water partition coefficient (Wildman–Crippen LogP) is 3.15. The fourth-order valence-electron chi connectivity index (χ4n) is 2.38. The largest absolute Gasteiger partial charge is 0.496 e. The Bertz CT molecular complexity index is 682. The number of nitrogens with zero attached hydrogens (tertiary/aromatic N) is 2. The monoisotopic (exact) mass is 319 g/mol. The molecule has 0 atom stereocenters. The molecule has 1 heterocycles. The van der Waals surface area contributed by atoms with Gasteiger partial charge in [-0.15, -0.1) is 0 Å². The minimum atomic E-state index is -0.368. The van der Waals surface area contributed by atoms with Gasteiger partial charge < -0.3 is 10.1 Å². The van der Waals surface area contributed by atoms with Gasteiger partial charge in [0.05, 0.1) is 12.8 Å². The summed E-state index contributed by atoms with van der Waals surface area (Å²) in [5.41, 5.74) is 1.50. The van der Waals surface area contributed by atoms with E-state index in [1.54, 1.807) is 23.9 Å². The van der Waals surface area contributed by atoms with Crippen molar-refractivity contribution >= 4 is 5.91 Å². The lowest BCUT2D eigenvalue weighted by atomic mass is 10.1. The second kappa shape index (κ2) is 7.76. The molecule has 6 heteroatoms. The van der Waals surface area contributed by atoms with Gasteiger partial charge in [0.15, 0.2) is 5.69 Å². The van der Waals surface area contributed by atoms with E-state index in [9.17, 15) is 9.18 Å². The molecule has 124 valence electrons. The van der Waals surface area contributed by atoms with Gasteiger partial charge in [0.2, 0.25) is 0 Å². The Morgan fingerprint density at radius 2 is 2.13 bits per heavy atom. The van der Waals surface area contributed by atoms with E-state index in [2.05, 4.69) is 17.3 Å².